The van der Waals surface area contributed by atoms with Crippen LogP contribution in [0.5, 0.6) is 0 Å². The highest BCUT2D eigenvalue weighted by Gasteiger charge is 2.18. The molecule has 2 N–H and O–H groups in total. The SMILES string of the molecule is CCCNCCNS(=O)(=O)c1ccc(Cl)cc1F.Cl. The lowest BCUT2D eigenvalue weighted by Crippen LogP contribution is -2.32. The fraction of sp³-hybridized carbons (Fsp3) is 0.455. The van der Waals surface area contributed by atoms with Crippen molar-refractivity contribution in [1.29, 1.82) is 0 Å². The summed E-state index contributed by atoms with van der Waals surface area (Å²) in [5, 5.41) is 3.20. The van der Waals surface area contributed by atoms with Gasteiger partial charge in [0.2, 0.25) is 10.0 Å². The lowest BCUT2D eigenvalue weighted by molar-refractivity contribution is 0.554. The molecule has 0 atom stereocenters. The van der Waals surface area contributed by atoms with Crippen molar-refractivity contribution in [3.05, 3.63) is 29.0 Å². The molecular formula is C11H17Cl2FN2O2S. The second-order valence-corrected chi connectivity index (χ2v) is 5.89. The highest BCUT2D eigenvalue weighted by molar-refractivity contribution is 7.89. The Balaban J connectivity index is 0.00000324. The average Bonchev–Trinajstić information content (AvgIpc) is 2.28. The van der Waals surface area contributed by atoms with Gasteiger partial charge in [-0.1, -0.05) is 18.5 Å². The van der Waals surface area contributed by atoms with Gasteiger partial charge in [0.25, 0.3) is 0 Å². The van der Waals surface area contributed by atoms with Crippen molar-refractivity contribution in [2.45, 2.75) is 18.2 Å². The monoisotopic (exact) mass is 330 g/mol. The molecule has 4 nitrogen and oxygen atoms in total. The molecule has 0 aliphatic rings. The Labute approximate surface area is 124 Å². The normalized spacial score (nSPS) is 11.1. The fourth-order valence-corrected chi connectivity index (χ4v) is 2.59. The van der Waals surface area contributed by atoms with Gasteiger partial charge in [-0.15, -0.1) is 12.4 Å². The molecule has 0 aliphatic heterocycles. The van der Waals surface area contributed by atoms with Crippen molar-refractivity contribution in [1.82, 2.24) is 10.0 Å². The molecule has 110 valence electrons. The molecule has 1 aromatic rings. The van der Waals surface area contributed by atoms with Crippen molar-refractivity contribution < 1.29 is 12.8 Å². The molecule has 0 radical (unpaired) electrons. The zero-order valence-electron chi connectivity index (χ0n) is 10.4. The van der Waals surface area contributed by atoms with Crippen LogP contribution in [-0.2, 0) is 10.0 Å². The van der Waals surface area contributed by atoms with E-state index in [0.29, 0.717) is 6.54 Å². The van der Waals surface area contributed by atoms with E-state index in [1.54, 1.807) is 0 Å². The van der Waals surface area contributed by atoms with Crippen molar-refractivity contribution in [3.8, 4) is 0 Å². The summed E-state index contributed by atoms with van der Waals surface area (Å²) in [6, 6.07) is 3.47. The van der Waals surface area contributed by atoms with Gasteiger partial charge in [0, 0.05) is 18.1 Å². The smallest absolute Gasteiger partial charge is 0.243 e. The molecule has 0 saturated heterocycles. The van der Waals surface area contributed by atoms with Crippen LogP contribution in [0.25, 0.3) is 0 Å². The number of benzene rings is 1. The van der Waals surface area contributed by atoms with Gasteiger partial charge in [-0.25, -0.2) is 17.5 Å². The topological polar surface area (TPSA) is 58.2 Å². The van der Waals surface area contributed by atoms with Crippen LogP contribution in [0.15, 0.2) is 23.1 Å². The largest absolute Gasteiger partial charge is 0.315 e. The summed E-state index contributed by atoms with van der Waals surface area (Å²) in [7, 11) is -3.82. The van der Waals surface area contributed by atoms with Gasteiger partial charge >= 0.3 is 0 Å². The maximum absolute atomic E-state index is 13.5. The van der Waals surface area contributed by atoms with E-state index in [0.717, 1.165) is 25.1 Å². The lowest BCUT2D eigenvalue weighted by Gasteiger charge is -2.08. The van der Waals surface area contributed by atoms with Gasteiger partial charge in [0.1, 0.15) is 10.7 Å². The minimum absolute atomic E-state index is 0. The predicted octanol–water partition coefficient (Wildman–Crippen LogP) is 2.18. The Morgan fingerprint density at radius 1 is 1.26 bits per heavy atom. The fourth-order valence-electron chi connectivity index (χ4n) is 1.35. The van der Waals surface area contributed by atoms with E-state index >= 15 is 0 Å². The van der Waals surface area contributed by atoms with Crippen LogP contribution in [0.2, 0.25) is 5.02 Å². The summed E-state index contributed by atoms with van der Waals surface area (Å²) in [6.45, 7) is 3.55. The van der Waals surface area contributed by atoms with Crippen molar-refractivity contribution in [2.75, 3.05) is 19.6 Å². The number of nitrogens with one attached hydrogen (secondary N) is 2. The van der Waals surface area contributed by atoms with E-state index in [1.165, 1.54) is 6.07 Å². The predicted molar refractivity (Wildman–Crippen MR) is 77.0 cm³/mol. The molecule has 0 aromatic heterocycles. The van der Waals surface area contributed by atoms with Crippen LogP contribution in [0.3, 0.4) is 0 Å². The Morgan fingerprint density at radius 3 is 2.53 bits per heavy atom. The van der Waals surface area contributed by atoms with Crippen LogP contribution in [-0.4, -0.2) is 28.1 Å². The first-order valence-corrected chi connectivity index (χ1v) is 7.49. The van der Waals surface area contributed by atoms with E-state index in [2.05, 4.69) is 10.0 Å². The molecule has 8 heteroatoms. The summed E-state index contributed by atoms with van der Waals surface area (Å²) >= 11 is 5.56. The molecule has 0 spiro atoms. The molecule has 1 rings (SSSR count). The highest BCUT2D eigenvalue weighted by Crippen LogP contribution is 2.18. The minimum atomic E-state index is -3.82. The molecule has 0 aliphatic carbocycles. The second kappa shape index (κ2) is 8.71. The Hall–Kier alpha value is -0.400. The van der Waals surface area contributed by atoms with E-state index in [-0.39, 0.29) is 28.9 Å². The molecule has 0 unspecified atom stereocenters. The molecular weight excluding hydrogens is 314 g/mol. The number of rotatable bonds is 7. The van der Waals surface area contributed by atoms with Crippen LogP contribution in [0.1, 0.15) is 13.3 Å². The summed E-state index contributed by atoms with van der Waals surface area (Å²) < 4.78 is 39.3. The maximum Gasteiger partial charge on any atom is 0.243 e. The third kappa shape index (κ3) is 6.05. The average molecular weight is 331 g/mol. The van der Waals surface area contributed by atoms with Crippen LogP contribution in [0, 0.1) is 5.82 Å². The summed E-state index contributed by atoms with van der Waals surface area (Å²) in [5.41, 5.74) is 0. The van der Waals surface area contributed by atoms with E-state index in [4.69, 9.17) is 11.6 Å². The molecule has 19 heavy (non-hydrogen) atoms. The van der Waals surface area contributed by atoms with Crippen molar-refractivity contribution >= 4 is 34.0 Å². The molecule has 0 saturated carbocycles. The van der Waals surface area contributed by atoms with Gasteiger partial charge in [0.05, 0.1) is 0 Å². The molecule has 0 bridgehead atoms. The van der Waals surface area contributed by atoms with Gasteiger partial charge in [-0.2, -0.15) is 0 Å². The summed E-state index contributed by atoms with van der Waals surface area (Å²) in [5.74, 6) is -0.850. The Morgan fingerprint density at radius 2 is 1.95 bits per heavy atom. The Bertz CT molecular complexity index is 497. The summed E-state index contributed by atoms with van der Waals surface area (Å²) in [4.78, 5) is -0.387. The van der Waals surface area contributed by atoms with Crippen LogP contribution in [0.4, 0.5) is 4.39 Å². The first-order valence-electron chi connectivity index (χ1n) is 5.63. The van der Waals surface area contributed by atoms with Crippen LogP contribution < -0.4 is 10.0 Å². The zero-order chi connectivity index (χ0) is 13.6. The van der Waals surface area contributed by atoms with E-state index < -0.39 is 15.8 Å². The molecule has 0 amide bonds. The number of hydrogen-bond acceptors (Lipinski definition) is 3. The van der Waals surface area contributed by atoms with Crippen molar-refractivity contribution in [2.24, 2.45) is 0 Å². The van der Waals surface area contributed by atoms with Gasteiger partial charge in [0.15, 0.2) is 0 Å². The standard InChI is InChI=1S/C11H16ClFN2O2S.ClH/c1-2-5-14-6-7-15-18(16,17)11-4-3-9(12)8-10(11)13;/h3-4,8,14-15H,2,5-7H2,1H3;1H. The number of halogens is 3. The molecule has 0 heterocycles. The first-order chi connectivity index (χ1) is 8.47. The van der Waals surface area contributed by atoms with E-state index in [9.17, 15) is 12.8 Å². The van der Waals surface area contributed by atoms with Gasteiger partial charge in [-0.05, 0) is 31.2 Å². The lowest BCUT2D eigenvalue weighted by atomic mass is 10.3. The summed E-state index contributed by atoms with van der Waals surface area (Å²) in [6.07, 6.45) is 0.971. The minimum Gasteiger partial charge on any atom is -0.315 e. The third-order valence-electron chi connectivity index (χ3n) is 2.20. The van der Waals surface area contributed by atoms with Crippen molar-refractivity contribution in [3.63, 3.8) is 0 Å². The number of hydrogen-bond donors (Lipinski definition) is 2. The maximum atomic E-state index is 13.5. The second-order valence-electron chi connectivity index (χ2n) is 3.72. The molecule has 1 aromatic carbocycles. The first kappa shape index (κ1) is 18.6. The van der Waals surface area contributed by atoms with Gasteiger partial charge in [-0.3, -0.25) is 0 Å². The zero-order valence-corrected chi connectivity index (χ0v) is 12.8. The number of sulfonamides is 1. The van der Waals surface area contributed by atoms with Crippen LogP contribution >= 0.6 is 24.0 Å². The Kier molecular flexibility index (Phi) is 8.52. The highest BCUT2D eigenvalue weighted by atomic mass is 35.5. The van der Waals surface area contributed by atoms with E-state index in [1.807, 2.05) is 6.92 Å². The van der Waals surface area contributed by atoms with Gasteiger partial charge < -0.3 is 5.32 Å². The third-order valence-corrected chi connectivity index (χ3v) is 3.93. The quantitative estimate of drug-likeness (QED) is 0.753. The molecule has 0 fully saturated rings.